The summed E-state index contributed by atoms with van der Waals surface area (Å²) in [6.07, 6.45) is 6.17. The highest BCUT2D eigenvalue weighted by atomic mass is 16.5. The van der Waals surface area contributed by atoms with Crippen LogP contribution >= 0.6 is 0 Å². The Balaban J connectivity index is 1.34. The minimum absolute atomic E-state index is 0.0214. The molecule has 4 rings (SSSR count). The van der Waals surface area contributed by atoms with Crippen LogP contribution in [-0.4, -0.2) is 43.0 Å². The van der Waals surface area contributed by atoms with Crippen molar-refractivity contribution in [3.05, 3.63) is 64.4 Å². The summed E-state index contributed by atoms with van der Waals surface area (Å²) in [6.45, 7) is 3.49. The number of hydrogen-bond donors (Lipinski definition) is 1. The monoisotopic (exact) mass is 424 g/mol. The van der Waals surface area contributed by atoms with E-state index in [9.17, 15) is 9.59 Å². The number of fused-ring (bicyclic) bond motifs is 1. The molecular weight excluding hydrogens is 396 g/mol. The molecule has 3 aromatic rings. The van der Waals surface area contributed by atoms with Gasteiger partial charge in [0.05, 0.1) is 13.7 Å². The predicted octanol–water partition coefficient (Wildman–Crippen LogP) is 1.52. The molecule has 1 aliphatic rings. The molecule has 1 aromatic carbocycles. The van der Waals surface area contributed by atoms with Gasteiger partial charge in [0.25, 0.3) is 0 Å². The van der Waals surface area contributed by atoms with Gasteiger partial charge in [-0.15, -0.1) is 0 Å². The van der Waals surface area contributed by atoms with Crippen LogP contribution in [0.3, 0.4) is 0 Å². The van der Waals surface area contributed by atoms with Crippen molar-refractivity contribution in [2.45, 2.75) is 58.3 Å². The molecule has 9 heteroatoms. The Morgan fingerprint density at radius 2 is 2.19 bits per heavy atom. The van der Waals surface area contributed by atoms with Crippen molar-refractivity contribution in [1.82, 2.24) is 29.2 Å². The Labute approximate surface area is 180 Å². The number of rotatable bonds is 7. The lowest BCUT2D eigenvalue weighted by atomic mass is 10.1. The summed E-state index contributed by atoms with van der Waals surface area (Å²) in [5.74, 6) is 2.46. The van der Waals surface area contributed by atoms with Crippen LogP contribution in [-0.2, 0) is 30.8 Å². The molecule has 0 spiro atoms. The number of aryl methyl sites for hydroxylation is 3. The summed E-state index contributed by atoms with van der Waals surface area (Å²) < 4.78 is 10.5. The van der Waals surface area contributed by atoms with E-state index in [0.29, 0.717) is 38.9 Å². The van der Waals surface area contributed by atoms with Gasteiger partial charge in [-0.1, -0.05) is 12.1 Å². The van der Waals surface area contributed by atoms with Gasteiger partial charge in [0.1, 0.15) is 17.4 Å². The average Bonchev–Trinajstić information content (AvgIpc) is 3.24. The third kappa shape index (κ3) is 4.87. The smallest absolute Gasteiger partial charge is 0.346 e. The van der Waals surface area contributed by atoms with Crippen molar-refractivity contribution >= 4 is 5.91 Å². The Morgan fingerprint density at radius 3 is 2.97 bits per heavy atom. The van der Waals surface area contributed by atoms with Crippen molar-refractivity contribution in [3.8, 4) is 5.75 Å². The van der Waals surface area contributed by atoms with Crippen LogP contribution in [0.5, 0.6) is 5.75 Å². The molecule has 1 unspecified atom stereocenters. The van der Waals surface area contributed by atoms with E-state index >= 15 is 0 Å². The van der Waals surface area contributed by atoms with Gasteiger partial charge in [0, 0.05) is 44.4 Å². The zero-order valence-electron chi connectivity index (χ0n) is 18.0. The fraction of sp³-hybridized carbons (Fsp3) is 0.455. The third-order valence-corrected chi connectivity index (χ3v) is 5.75. The van der Waals surface area contributed by atoms with E-state index in [-0.39, 0.29) is 17.6 Å². The highest BCUT2D eigenvalue weighted by molar-refractivity contribution is 5.76. The number of ether oxygens (including phenoxy) is 1. The first-order chi connectivity index (χ1) is 15.0. The first-order valence-corrected chi connectivity index (χ1v) is 10.6. The van der Waals surface area contributed by atoms with Crippen molar-refractivity contribution in [2.75, 3.05) is 7.11 Å². The molecular formula is C22H28N6O3. The van der Waals surface area contributed by atoms with E-state index in [1.54, 1.807) is 17.9 Å². The third-order valence-electron chi connectivity index (χ3n) is 5.75. The molecule has 1 atom stereocenters. The molecule has 0 bridgehead atoms. The molecule has 3 heterocycles. The number of hydrogen-bond acceptors (Lipinski definition) is 5. The molecule has 9 nitrogen and oxygen atoms in total. The fourth-order valence-electron chi connectivity index (χ4n) is 3.98. The number of benzene rings is 1. The van der Waals surface area contributed by atoms with Gasteiger partial charge in [-0.25, -0.2) is 14.5 Å². The van der Waals surface area contributed by atoms with Crippen molar-refractivity contribution < 1.29 is 9.53 Å². The maximum absolute atomic E-state index is 12.9. The summed E-state index contributed by atoms with van der Waals surface area (Å²) in [6, 6.07) is 7.69. The molecule has 0 saturated carbocycles. The summed E-state index contributed by atoms with van der Waals surface area (Å²) in [7, 11) is 1.62. The Bertz CT molecular complexity index is 1110. The second kappa shape index (κ2) is 9.20. The topological polar surface area (TPSA) is 96.0 Å². The fourth-order valence-corrected chi connectivity index (χ4v) is 3.98. The first-order valence-electron chi connectivity index (χ1n) is 10.6. The second-order valence-electron chi connectivity index (χ2n) is 7.87. The Hall–Kier alpha value is -3.36. The normalized spacial score (nSPS) is 15.9. The van der Waals surface area contributed by atoms with Crippen LogP contribution < -0.4 is 15.7 Å². The molecule has 0 aliphatic carbocycles. The van der Waals surface area contributed by atoms with Crippen molar-refractivity contribution in [1.29, 1.82) is 0 Å². The van der Waals surface area contributed by atoms with E-state index in [0.717, 1.165) is 29.4 Å². The number of carbonyl (C=O) groups is 1. The molecule has 0 fully saturated rings. The minimum atomic E-state index is -0.111. The van der Waals surface area contributed by atoms with Crippen LogP contribution in [0.15, 0.2) is 41.5 Å². The molecule has 0 saturated heterocycles. The molecule has 1 amide bonds. The molecule has 0 radical (unpaired) electrons. The minimum Gasteiger partial charge on any atom is -0.497 e. The highest BCUT2D eigenvalue weighted by Gasteiger charge is 2.22. The first kappa shape index (κ1) is 20.9. The van der Waals surface area contributed by atoms with Crippen LogP contribution in [0, 0.1) is 6.92 Å². The number of amides is 1. The van der Waals surface area contributed by atoms with Gasteiger partial charge in [-0.3, -0.25) is 9.36 Å². The number of nitrogens with one attached hydrogen (secondary N) is 1. The second-order valence-corrected chi connectivity index (χ2v) is 7.87. The standard InChI is InChI=1S/C22H28N6O3/c1-16-23-10-13-26(16)11-9-21(29)24-18-6-7-20-25-28(22(30)27(20)12-8-18)15-17-4-3-5-19(14-17)31-2/h3-5,10,13-14,18H,6-9,11-12,15H2,1-2H3,(H,24,29). The van der Waals surface area contributed by atoms with E-state index in [1.807, 2.05) is 42.0 Å². The van der Waals surface area contributed by atoms with E-state index in [2.05, 4.69) is 15.4 Å². The summed E-state index contributed by atoms with van der Waals surface area (Å²) in [4.78, 5) is 29.4. The van der Waals surface area contributed by atoms with Crippen molar-refractivity contribution in [3.63, 3.8) is 0 Å². The quantitative estimate of drug-likeness (QED) is 0.620. The van der Waals surface area contributed by atoms with Gasteiger partial charge in [-0.05, 0) is 37.5 Å². The number of imidazole rings is 1. The SMILES string of the molecule is COc1cccc(Cn2nc3n(c2=O)CCC(NC(=O)CCn2ccnc2C)CC3)c1. The van der Waals surface area contributed by atoms with Crippen LogP contribution in [0.2, 0.25) is 0 Å². The van der Waals surface area contributed by atoms with Crippen LogP contribution in [0.4, 0.5) is 0 Å². The number of carbonyl (C=O) groups excluding carboxylic acids is 1. The highest BCUT2D eigenvalue weighted by Crippen LogP contribution is 2.15. The van der Waals surface area contributed by atoms with Gasteiger partial charge < -0.3 is 14.6 Å². The zero-order valence-corrected chi connectivity index (χ0v) is 18.0. The van der Waals surface area contributed by atoms with E-state index < -0.39 is 0 Å². The molecule has 2 aromatic heterocycles. The maximum Gasteiger partial charge on any atom is 0.346 e. The van der Waals surface area contributed by atoms with Gasteiger partial charge >= 0.3 is 5.69 Å². The van der Waals surface area contributed by atoms with Crippen LogP contribution in [0.1, 0.15) is 36.5 Å². The summed E-state index contributed by atoms with van der Waals surface area (Å²) in [5, 5.41) is 7.67. The summed E-state index contributed by atoms with van der Waals surface area (Å²) in [5.41, 5.74) is 0.855. The lowest BCUT2D eigenvalue weighted by Crippen LogP contribution is -2.36. The summed E-state index contributed by atoms with van der Waals surface area (Å²) >= 11 is 0. The van der Waals surface area contributed by atoms with Gasteiger partial charge in [-0.2, -0.15) is 5.10 Å². The van der Waals surface area contributed by atoms with Gasteiger partial charge in [0.2, 0.25) is 5.91 Å². The lowest BCUT2D eigenvalue weighted by Gasteiger charge is -2.16. The van der Waals surface area contributed by atoms with Crippen LogP contribution in [0.25, 0.3) is 0 Å². The Morgan fingerprint density at radius 1 is 1.32 bits per heavy atom. The molecule has 164 valence electrons. The molecule has 1 N–H and O–H groups in total. The number of aromatic nitrogens is 5. The van der Waals surface area contributed by atoms with Crippen molar-refractivity contribution in [2.24, 2.45) is 0 Å². The maximum atomic E-state index is 12.9. The lowest BCUT2D eigenvalue weighted by molar-refractivity contribution is -0.122. The Kier molecular flexibility index (Phi) is 6.20. The number of nitrogens with zero attached hydrogens (tertiary/aromatic N) is 5. The average molecular weight is 425 g/mol. The van der Waals surface area contributed by atoms with Gasteiger partial charge in [0.15, 0.2) is 0 Å². The predicted molar refractivity (Wildman–Crippen MR) is 115 cm³/mol. The number of methoxy groups -OCH3 is 1. The van der Waals surface area contributed by atoms with E-state index in [4.69, 9.17) is 4.74 Å². The largest absolute Gasteiger partial charge is 0.497 e. The van der Waals surface area contributed by atoms with E-state index in [1.165, 1.54) is 4.68 Å². The molecule has 31 heavy (non-hydrogen) atoms. The molecule has 1 aliphatic heterocycles. The zero-order chi connectivity index (χ0) is 21.8.